The molecule has 1 fully saturated rings. The predicted octanol–water partition coefficient (Wildman–Crippen LogP) is 1.12. The Kier molecular flexibility index (Phi) is 3.37. The second kappa shape index (κ2) is 4.76. The molecule has 1 saturated carbocycles. The molecule has 0 radical (unpaired) electrons. The van der Waals surface area contributed by atoms with Gasteiger partial charge in [0.2, 0.25) is 5.95 Å². The summed E-state index contributed by atoms with van der Waals surface area (Å²) in [6.07, 6.45) is 4.84. The highest BCUT2D eigenvalue weighted by Gasteiger charge is 2.20. The van der Waals surface area contributed by atoms with Crippen LogP contribution >= 0.6 is 11.8 Å². The fourth-order valence-corrected chi connectivity index (χ4v) is 2.36. The number of rotatable bonds is 3. The van der Waals surface area contributed by atoms with Gasteiger partial charge < -0.3 is 11.5 Å². The maximum atomic E-state index is 5.64. The van der Waals surface area contributed by atoms with Crippen LogP contribution in [0, 0.1) is 0 Å². The Labute approximate surface area is 93.1 Å². The van der Waals surface area contributed by atoms with Gasteiger partial charge in [0.15, 0.2) is 5.16 Å². The minimum atomic E-state index is 0.308. The van der Waals surface area contributed by atoms with E-state index >= 15 is 0 Å². The van der Waals surface area contributed by atoms with Gasteiger partial charge in [0.25, 0.3) is 0 Å². The van der Waals surface area contributed by atoms with Crippen LogP contribution in [0.3, 0.4) is 0 Å². The molecule has 1 aliphatic rings. The fraction of sp³-hybridized carbons (Fsp3) is 0.667. The molecular formula is C9H15N5S. The Morgan fingerprint density at radius 2 is 1.93 bits per heavy atom. The summed E-state index contributed by atoms with van der Waals surface area (Å²) < 4.78 is 0. The second-order valence-corrected chi connectivity index (χ2v) is 4.61. The summed E-state index contributed by atoms with van der Waals surface area (Å²) in [5.74, 6) is 2.08. The molecule has 0 spiro atoms. The highest BCUT2D eigenvalue weighted by molar-refractivity contribution is 7.99. The largest absolute Gasteiger partial charge is 0.368 e. The molecule has 0 aliphatic heterocycles. The first-order valence-electron chi connectivity index (χ1n) is 5.14. The molecule has 1 aliphatic carbocycles. The van der Waals surface area contributed by atoms with Gasteiger partial charge in [-0.1, -0.05) is 24.6 Å². The van der Waals surface area contributed by atoms with Crippen LogP contribution in [-0.4, -0.2) is 20.8 Å². The highest BCUT2D eigenvalue weighted by atomic mass is 32.2. The molecule has 0 amide bonds. The van der Waals surface area contributed by atoms with Crippen molar-refractivity contribution in [3.8, 4) is 0 Å². The summed E-state index contributed by atoms with van der Waals surface area (Å²) in [5.41, 5.74) is 11.1. The third-order valence-electron chi connectivity index (χ3n) is 2.58. The lowest BCUT2D eigenvalue weighted by molar-refractivity contribution is 0.646. The van der Waals surface area contributed by atoms with Gasteiger partial charge in [0.1, 0.15) is 5.82 Å². The first-order valence-corrected chi connectivity index (χ1v) is 6.12. The quantitative estimate of drug-likeness (QED) is 0.591. The Hall–Kier alpha value is -0.880. The SMILES string of the molecule is NCSc1nc(N)nc(C2CCCC2)n1. The molecule has 0 bridgehead atoms. The molecular weight excluding hydrogens is 210 g/mol. The number of nitrogen functional groups attached to an aromatic ring is 1. The number of anilines is 1. The number of aromatic nitrogens is 3. The van der Waals surface area contributed by atoms with E-state index in [9.17, 15) is 0 Å². The first-order chi connectivity index (χ1) is 7.29. The summed E-state index contributed by atoms with van der Waals surface area (Å²) in [4.78, 5) is 12.6. The van der Waals surface area contributed by atoms with E-state index in [1.165, 1.54) is 24.6 Å². The van der Waals surface area contributed by atoms with Crippen molar-refractivity contribution in [3.05, 3.63) is 5.82 Å². The third kappa shape index (κ3) is 2.57. The topological polar surface area (TPSA) is 90.7 Å². The predicted molar refractivity (Wildman–Crippen MR) is 60.4 cm³/mol. The van der Waals surface area contributed by atoms with Gasteiger partial charge >= 0.3 is 0 Å². The van der Waals surface area contributed by atoms with Gasteiger partial charge in [0, 0.05) is 11.8 Å². The molecule has 1 heterocycles. The molecule has 0 atom stereocenters. The van der Waals surface area contributed by atoms with Gasteiger partial charge in [-0.15, -0.1) is 0 Å². The zero-order valence-corrected chi connectivity index (χ0v) is 9.33. The Bertz CT molecular complexity index is 337. The third-order valence-corrected chi connectivity index (χ3v) is 3.19. The van der Waals surface area contributed by atoms with Crippen LogP contribution in [0.4, 0.5) is 5.95 Å². The molecule has 5 nitrogen and oxygen atoms in total. The van der Waals surface area contributed by atoms with Crippen molar-refractivity contribution in [2.75, 3.05) is 11.6 Å². The number of nitrogens with zero attached hydrogens (tertiary/aromatic N) is 3. The maximum Gasteiger partial charge on any atom is 0.224 e. The molecule has 4 N–H and O–H groups in total. The average Bonchev–Trinajstić information content (AvgIpc) is 2.70. The summed E-state index contributed by atoms with van der Waals surface area (Å²) in [6, 6.07) is 0. The Morgan fingerprint density at radius 1 is 1.20 bits per heavy atom. The van der Waals surface area contributed by atoms with Crippen LogP contribution in [0.5, 0.6) is 0 Å². The number of nitrogens with two attached hydrogens (primary N) is 2. The summed E-state index contributed by atoms with van der Waals surface area (Å²) in [5, 5.41) is 0.645. The van der Waals surface area contributed by atoms with Gasteiger partial charge in [-0.05, 0) is 12.8 Å². The molecule has 0 aromatic carbocycles. The van der Waals surface area contributed by atoms with Gasteiger partial charge in [-0.2, -0.15) is 9.97 Å². The van der Waals surface area contributed by atoms with Crippen LogP contribution in [0.15, 0.2) is 5.16 Å². The van der Waals surface area contributed by atoms with Crippen molar-refractivity contribution in [2.24, 2.45) is 5.73 Å². The molecule has 2 rings (SSSR count). The normalized spacial score (nSPS) is 17.1. The Balaban J connectivity index is 2.22. The van der Waals surface area contributed by atoms with Crippen LogP contribution in [-0.2, 0) is 0 Å². The summed E-state index contributed by atoms with van der Waals surface area (Å²) in [7, 11) is 0. The molecule has 82 valence electrons. The standard InChI is InChI=1S/C9H15N5S/c10-5-15-9-13-7(12-8(11)14-9)6-3-1-2-4-6/h6H,1-5,10H2,(H2,11,12,13,14). The van der Waals surface area contributed by atoms with E-state index in [4.69, 9.17) is 11.5 Å². The molecule has 1 aromatic rings. The van der Waals surface area contributed by atoms with Crippen LogP contribution in [0.25, 0.3) is 0 Å². The smallest absolute Gasteiger partial charge is 0.224 e. The van der Waals surface area contributed by atoms with Crippen LogP contribution < -0.4 is 11.5 Å². The minimum absolute atomic E-state index is 0.308. The van der Waals surface area contributed by atoms with Gasteiger partial charge in [-0.25, -0.2) is 4.98 Å². The first kappa shape index (κ1) is 10.6. The maximum absolute atomic E-state index is 5.64. The van der Waals surface area contributed by atoms with Crippen molar-refractivity contribution >= 4 is 17.7 Å². The summed E-state index contributed by atoms with van der Waals surface area (Å²) >= 11 is 1.40. The fourth-order valence-electron chi connectivity index (χ4n) is 1.89. The van der Waals surface area contributed by atoms with Crippen molar-refractivity contribution in [1.29, 1.82) is 0 Å². The second-order valence-electron chi connectivity index (χ2n) is 3.63. The van der Waals surface area contributed by atoms with Gasteiger partial charge in [0.05, 0.1) is 0 Å². The van der Waals surface area contributed by atoms with E-state index in [-0.39, 0.29) is 0 Å². The zero-order chi connectivity index (χ0) is 10.7. The van der Waals surface area contributed by atoms with E-state index in [1.54, 1.807) is 0 Å². The van der Waals surface area contributed by atoms with E-state index in [0.29, 0.717) is 22.9 Å². The molecule has 15 heavy (non-hydrogen) atoms. The van der Waals surface area contributed by atoms with Crippen molar-refractivity contribution in [2.45, 2.75) is 36.8 Å². The number of hydrogen-bond acceptors (Lipinski definition) is 6. The van der Waals surface area contributed by atoms with Gasteiger partial charge in [-0.3, -0.25) is 0 Å². The van der Waals surface area contributed by atoms with E-state index in [0.717, 1.165) is 18.7 Å². The summed E-state index contributed by atoms with van der Waals surface area (Å²) in [6.45, 7) is 0. The van der Waals surface area contributed by atoms with Crippen molar-refractivity contribution in [3.63, 3.8) is 0 Å². The molecule has 6 heteroatoms. The van der Waals surface area contributed by atoms with Crippen LogP contribution in [0.1, 0.15) is 37.4 Å². The average molecular weight is 225 g/mol. The monoisotopic (exact) mass is 225 g/mol. The highest BCUT2D eigenvalue weighted by Crippen LogP contribution is 2.32. The Morgan fingerprint density at radius 3 is 2.60 bits per heavy atom. The van der Waals surface area contributed by atoms with Crippen molar-refractivity contribution < 1.29 is 0 Å². The number of hydrogen-bond donors (Lipinski definition) is 2. The zero-order valence-electron chi connectivity index (χ0n) is 8.52. The van der Waals surface area contributed by atoms with Crippen molar-refractivity contribution in [1.82, 2.24) is 15.0 Å². The molecule has 0 unspecified atom stereocenters. The van der Waals surface area contributed by atoms with E-state index < -0.39 is 0 Å². The molecule has 1 aromatic heterocycles. The number of thioether (sulfide) groups is 1. The lowest BCUT2D eigenvalue weighted by Crippen LogP contribution is -2.08. The lowest BCUT2D eigenvalue weighted by Gasteiger charge is -2.08. The molecule has 0 saturated heterocycles. The van der Waals surface area contributed by atoms with E-state index in [1.807, 2.05) is 0 Å². The minimum Gasteiger partial charge on any atom is -0.368 e. The van der Waals surface area contributed by atoms with Crippen LogP contribution in [0.2, 0.25) is 0 Å². The van der Waals surface area contributed by atoms with E-state index in [2.05, 4.69) is 15.0 Å². The lowest BCUT2D eigenvalue weighted by atomic mass is 10.1.